The zero-order chi connectivity index (χ0) is 25.8. The van der Waals surface area contributed by atoms with Crippen LogP contribution in [0.4, 0.5) is 5.82 Å². The number of hydrazone groups is 1. The number of ether oxygens (including phenoxy) is 2. The molecule has 0 aliphatic rings. The highest BCUT2D eigenvalue weighted by Crippen LogP contribution is 2.17. The van der Waals surface area contributed by atoms with E-state index in [0.29, 0.717) is 17.1 Å². The van der Waals surface area contributed by atoms with Crippen molar-refractivity contribution in [3.05, 3.63) is 83.9 Å². The lowest BCUT2D eigenvalue weighted by Gasteiger charge is -2.08. The first-order valence-electron chi connectivity index (χ1n) is 11.0. The Morgan fingerprint density at radius 2 is 1.72 bits per heavy atom. The average molecular weight is 488 g/mol. The first-order valence-corrected chi connectivity index (χ1v) is 11.0. The van der Waals surface area contributed by atoms with E-state index in [-0.39, 0.29) is 17.9 Å². The van der Waals surface area contributed by atoms with E-state index in [1.54, 1.807) is 49.4 Å². The molecule has 3 aromatic rings. The molecule has 3 rings (SSSR count). The van der Waals surface area contributed by atoms with Gasteiger partial charge in [-0.05, 0) is 19.1 Å². The van der Waals surface area contributed by atoms with Gasteiger partial charge in [0.15, 0.2) is 11.9 Å². The van der Waals surface area contributed by atoms with Gasteiger partial charge in [0.2, 0.25) is 0 Å². The molecule has 0 aliphatic heterocycles. The third kappa shape index (κ3) is 7.07. The Kier molecular flexibility index (Phi) is 9.40. The second-order valence-electron chi connectivity index (χ2n) is 7.15. The summed E-state index contributed by atoms with van der Waals surface area (Å²) in [5.41, 5.74) is 4.45. The van der Waals surface area contributed by atoms with Crippen molar-refractivity contribution in [2.45, 2.75) is 13.0 Å². The number of aliphatic hydroxyl groups excluding tert-OH is 1. The molecule has 0 amide bonds. The number of hydrogen-bond acceptors (Lipinski definition) is 10. The number of esters is 2. The zero-order valence-corrected chi connectivity index (χ0v) is 19.7. The summed E-state index contributed by atoms with van der Waals surface area (Å²) < 4.78 is 9.79. The number of benzene rings is 2. The third-order valence-electron chi connectivity index (χ3n) is 4.73. The van der Waals surface area contributed by atoms with Gasteiger partial charge in [0, 0.05) is 17.3 Å². The lowest BCUT2D eigenvalue weighted by molar-refractivity contribution is -0.140. The smallest absolute Gasteiger partial charge is 0.343 e. The van der Waals surface area contributed by atoms with Crippen LogP contribution in [-0.4, -0.2) is 59.4 Å². The molecule has 1 aromatic heterocycles. The molecule has 0 bridgehead atoms. The van der Waals surface area contributed by atoms with E-state index in [9.17, 15) is 14.7 Å². The molecule has 36 heavy (non-hydrogen) atoms. The van der Waals surface area contributed by atoms with Crippen molar-refractivity contribution in [1.29, 1.82) is 0 Å². The Labute approximate surface area is 208 Å². The molecule has 0 fully saturated rings. The van der Waals surface area contributed by atoms with Gasteiger partial charge in [-0.2, -0.15) is 5.10 Å². The highest BCUT2D eigenvalue weighted by atomic mass is 16.5. The van der Waals surface area contributed by atoms with E-state index in [2.05, 4.69) is 25.7 Å². The molecular weight excluding hydrogens is 462 g/mol. The summed E-state index contributed by atoms with van der Waals surface area (Å²) in [7, 11) is 1.20. The van der Waals surface area contributed by atoms with Crippen molar-refractivity contribution in [2.75, 3.05) is 19.1 Å². The second kappa shape index (κ2) is 13.1. The number of carbonyl (C=O) groups is 2. The van der Waals surface area contributed by atoms with E-state index >= 15 is 0 Å². The molecule has 2 aromatic carbocycles. The van der Waals surface area contributed by atoms with Crippen molar-refractivity contribution in [1.82, 2.24) is 10.2 Å². The predicted octanol–water partition coefficient (Wildman–Crippen LogP) is 3.69. The summed E-state index contributed by atoms with van der Waals surface area (Å²) in [4.78, 5) is 28.7. The first kappa shape index (κ1) is 25.8. The van der Waals surface area contributed by atoms with Crippen molar-refractivity contribution in [2.24, 2.45) is 10.1 Å². The Balaban J connectivity index is 1.78. The number of rotatable bonds is 10. The number of nitrogens with zero attached hydrogens (tertiary/aromatic N) is 4. The molecule has 10 heteroatoms. The molecule has 1 unspecified atom stereocenters. The summed E-state index contributed by atoms with van der Waals surface area (Å²) in [6.07, 6.45) is 2.24. The van der Waals surface area contributed by atoms with Gasteiger partial charge in [0.1, 0.15) is 11.3 Å². The van der Waals surface area contributed by atoms with Crippen LogP contribution in [0, 0.1) is 0 Å². The van der Waals surface area contributed by atoms with Crippen molar-refractivity contribution < 1.29 is 24.2 Å². The minimum absolute atomic E-state index is 0.0914. The molecule has 0 saturated carbocycles. The zero-order valence-electron chi connectivity index (χ0n) is 19.7. The Bertz CT molecular complexity index is 1240. The summed E-state index contributed by atoms with van der Waals surface area (Å²) in [5, 5.41) is 22.8. The van der Waals surface area contributed by atoms with E-state index in [4.69, 9.17) is 9.47 Å². The summed E-state index contributed by atoms with van der Waals surface area (Å²) >= 11 is 0. The number of nitrogens with one attached hydrogen (secondary N) is 1. The normalized spacial score (nSPS) is 12.7. The molecule has 10 nitrogen and oxygen atoms in total. The van der Waals surface area contributed by atoms with Crippen LogP contribution >= 0.6 is 0 Å². The summed E-state index contributed by atoms with van der Waals surface area (Å²) in [6.45, 7) is 1.73. The molecule has 184 valence electrons. The maximum atomic E-state index is 12.4. The van der Waals surface area contributed by atoms with Gasteiger partial charge in [0.05, 0.1) is 25.6 Å². The minimum Gasteiger partial charge on any atom is -0.506 e. The Morgan fingerprint density at radius 3 is 2.33 bits per heavy atom. The topological polar surface area (TPSA) is 135 Å². The van der Waals surface area contributed by atoms with Gasteiger partial charge in [-0.25, -0.2) is 9.59 Å². The number of anilines is 1. The third-order valence-corrected chi connectivity index (χ3v) is 4.73. The van der Waals surface area contributed by atoms with Gasteiger partial charge in [-0.3, -0.25) is 10.4 Å². The molecule has 0 radical (unpaired) electrons. The van der Waals surface area contributed by atoms with E-state index in [0.717, 1.165) is 11.8 Å². The van der Waals surface area contributed by atoms with Crippen LogP contribution in [0.3, 0.4) is 0 Å². The Morgan fingerprint density at radius 1 is 1.03 bits per heavy atom. The molecular formula is C26H25N5O5. The number of hydrogen-bond donors (Lipinski definition) is 2. The number of aliphatic imine (C=N–C) groups is 1. The fourth-order valence-electron chi connectivity index (χ4n) is 2.94. The van der Waals surface area contributed by atoms with Crippen molar-refractivity contribution in [3.63, 3.8) is 0 Å². The molecule has 2 N–H and O–H groups in total. The lowest BCUT2D eigenvalue weighted by Crippen LogP contribution is -2.23. The van der Waals surface area contributed by atoms with Crippen LogP contribution in [0.25, 0.3) is 17.0 Å². The van der Waals surface area contributed by atoms with Gasteiger partial charge < -0.3 is 14.6 Å². The standard InChI is InChI=1S/C26H25N5O5/c1-3-36-25(33)20(24(32)19-12-8-5-9-13-19)16-27-22(26(34)35-2)17-28-30-23-15-14-21(29-31-23)18-10-6-4-7-11-18/h4-17,22,32H,3H2,1-2H3,(H,30,31)/b24-20-,27-16?,28-17+. The summed E-state index contributed by atoms with van der Waals surface area (Å²) in [6, 6.07) is 20.2. The summed E-state index contributed by atoms with van der Waals surface area (Å²) in [5.74, 6) is -1.53. The number of aliphatic hydroxyl groups is 1. The Hall–Kier alpha value is -4.86. The quantitative estimate of drug-likeness (QED) is 0.145. The van der Waals surface area contributed by atoms with Crippen molar-refractivity contribution >= 4 is 35.9 Å². The van der Waals surface area contributed by atoms with Gasteiger partial charge in [-0.1, -0.05) is 60.7 Å². The highest BCUT2D eigenvalue weighted by Gasteiger charge is 2.19. The number of aromatic nitrogens is 2. The fraction of sp³-hybridized carbons (Fsp3) is 0.154. The van der Waals surface area contributed by atoms with Crippen LogP contribution in [0.15, 0.2) is 88.5 Å². The van der Waals surface area contributed by atoms with Gasteiger partial charge in [-0.15, -0.1) is 10.2 Å². The molecule has 1 atom stereocenters. The fourth-order valence-corrected chi connectivity index (χ4v) is 2.94. The maximum absolute atomic E-state index is 12.4. The SMILES string of the molecule is CCOC(=O)/C(C=NC(/C=N/Nc1ccc(-c2ccccc2)nn1)C(=O)OC)=C(\O)c1ccccc1. The minimum atomic E-state index is -1.22. The van der Waals surface area contributed by atoms with E-state index < -0.39 is 18.0 Å². The monoisotopic (exact) mass is 487 g/mol. The van der Waals surface area contributed by atoms with Crippen molar-refractivity contribution in [3.8, 4) is 11.3 Å². The first-order chi connectivity index (χ1) is 17.5. The molecule has 0 spiro atoms. The van der Waals surface area contributed by atoms with Crippen LogP contribution in [0.2, 0.25) is 0 Å². The van der Waals surface area contributed by atoms with Gasteiger partial charge >= 0.3 is 11.9 Å². The number of carbonyl (C=O) groups excluding carboxylic acids is 2. The van der Waals surface area contributed by atoms with Crippen LogP contribution in [0.1, 0.15) is 12.5 Å². The van der Waals surface area contributed by atoms with Crippen LogP contribution in [0.5, 0.6) is 0 Å². The van der Waals surface area contributed by atoms with Crippen LogP contribution in [-0.2, 0) is 19.1 Å². The predicted molar refractivity (Wildman–Crippen MR) is 137 cm³/mol. The largest absolute Gasteiger partial charge is 0.506 e. The lowest BCUT2D eigenvalue weighted by atomic mass is 10.1. The molecule has 0 saturated heterocycles. The second-order valence-corrected chi connectivity index (χ2v) is 7.15. The molecule has 1 heterocycles. The highest BCUT2D eigenvalue weighted by molar-refractivity contribution is 6.15. The number of methoxy groups -OCH3 is 1. The molecule has 0 aliphatic carbocycles. The van der Waals surface area contributed by atoms with Gasteiger partial charge in [0.25, 0.3) is 0 Å². The van der Waals surface area contributed by atoms with E-state index in [1.807, 2.05) is 30.3 Å². The maximum Gasteiger partial charge on any atom is 0.343 e. The average Bonchev–Trinajstić information content (AvgIpc) is 2.93. The van der Waals surface area contributed by atoms with Crippen LogP contribution < -0.4 is 5.43 Å². The van der Waals surface area contributed by atoms with E-state index in [1.165, 1.54) is 13.3 Å².